The predicted molar refractivity (Wildman–Crippen MR) is 106 cm³/mol. The SMILES string of the molecule is COc1ccccc1N1CCN(C(=O)c2ccnc(NCC(C)C)n2)CC1. The monoisotopic (exact) mass is 369 g/mol. The van der Waals surface area contributed by atoms with Gasteiger partial charge in [-0.3, -0.25) is 4.79 Å². The topological polar surface area (TPSA) is 70.6 Å². The van der Waals surface area contributed by atoms with E-state index in [2.05, 4.69) is 34.0 Å². The highest BCUT2D eigenvalue weighted by atomic mass is 16.5. The smallest absolute Gasteiger partial charge is 0.272 e. The molecule has 2 aromatic rings. The van der Waals surface area contributed by atoms with Gasteiger partial charge in [0.25, 0.3) is 5.91 Å². The second-order valence-corrected chi connectivity index (χ2v) is 6.99. The number of ether oxygens (including phenoxy) is 1. The summed E-state index contributed by atoms with van der Waals surface area (Å²) in [7, 11) is 1.68. The van der Waals surface area contributed by atoms with Crippen LogP contribution in [0.15, 0.2) is 36.5 Å². The summed E-state index contributed by atoms with van der Waals surface area (Å²) in [6.45, 7) is 7.82. The number of rotatable bonds is 6. The lowest BCUT2D eigenvalue weighted by molar-refractivity contribution is 0.0740. The first kappa shape index (κ1) is 18.9. The summed E-state index contributed by atoms with van der Waals surface area (Å²) in [6, 6.07) is 9.65. The van der Waals surface area contributed by atoms with Crippen molar-refractivity contribution in [3.05, 3.63) is 42.2 Å². The van der Waals surface area contributed by atoms with Crippen molar-refractivity contribution in [1.82, 2.24) is 14.9 Å². The van der Waals surface area contributed by atoms with Gasteiger partial charge < -0.3 is 19.9 Å². The second kappa shape index (κ2) is 8.70. The molecule has 2 heterocycles. The molecule has 0 unspecified atom stereocenters. The minimum atomic E-state index is -0.0512. The predicted octanol–water partition coefficient (Wildman–Crippen LogP) is 2.52. The molecule has 7 heteroatoms. The number of aromatic nitrogens is 2. The molecule has 144 valence electrons. The molecule has 0 radical (unpaired) electrons. The van der Waals surface area contributed by atoms with Gasteiger partial charge in [-0.05, 0) is 24.1 Å². The molecule has 7 nitrogen and oxygen atoms in total. The van der Waals surface area contributed by atoms with Gasteiger partial charge in [-0.15, -0.1) is 0 Å². The van der Waals surface area contributed by atoms with Gasteiger partial charge in [-0.2, -0.15) is 0 Å². The normalized spacial score (nSPS) is 14.4. The molecule has 3 rings (SSSR count). The first-order chi connectivity index (χ1) is 13.1. The van der Waals surface area contributed by atoms with Gasteiger partial charge in [0.2, 0.25) is 5.95 Å². The third-order valence-corrected chi connectivity index (χ3v) is 4.54. The standard InChI is InChI=1S/C20H27N5O2/c1-15(2)14-22-20-21-9-8-16(23-20)19(26)25-12-10-24(11-13-25)17-6-4-5-7-18(17)27-3/h4-9,15H,10-14H2,1-3H3,(H,21,22,23). The number of hydrogen-bond donors (Lipinski definition) is 1. The minimum absolute atomic E-state index is 0.0512. The zero-order valence-corrected chi connectivity index (χ0v) is 16.2. The average molecular weight is 369 g/mol. The van der Waals surface area contributed by atoms with E-state index in [-0.39, 0.29) is 5.91 Å². The van der Waals surface area contributed by atoms with Crippen LogP contribution in [-0.4, -0.2) is 60.6 Å². The molecule has 1 N–H and O–H groups in total. The fraction of sp³-hybridized carbons (Fsp3) is 0.450. The summed E-state index contributed by atoms with van der Waals surface area (Å²) >= 11 is 0. The summed E-state index contributed by atoms with van der Waals surface area (Å²) in [5, 5.41) is 3.17. The van der Waals surface area contributed by atoms with Gasteiger partial charge >= 0.3 is 0 Å². The maximum Gasteiger partial charge on any atom is 0.272 e. The minimum Gasteiger partial charge on any atom is -0.495 e. The summed E-state index contributed by atoms with van der Waals surface area (Å²) < 4.78 is 5.45. The average Bonchev–Trinajstić information content (AvgIpc) is 2.72. The molecule has 0 spiro atoms. The molecule has 1 aromatic carbocycles. The lowest BCUT2D eigenvalue weighted by atomic mass is 10.2. The van der Waals surface area contributed by atoms with Crippen LogP contribution in [0.3, 0.4) is 0 Å². The Balaban J connectivity index is 1.62. The molecular formula is C20H27N5O2. The number of methoxy groups -OCH3 is 1. The number of piperazine rings is 1. The van der Waals surface area contributed by atoms with Crippen molar-refractivity contribution >= 4 is 17.5 Å². The molecule has 1 amide bonds. The molecule has 1 saturated heterocycles. The van der Waals surface area contributed by atoms with Crippen molar-refractivity contribution in [2.24, 2.45) is 5.92 Å². The van der Waals surface area contributed by atoms with E-state index in [0.717, 1.165) is 31.1 Å². The lowest BCUT2D eigenvalue weighted by Crippen LogP contribution is -2.49. The maximum atomic E-state index is 12.8. The van der Waals surface area contributed by atoms with Crippen LogP contribution in [0.1, 0.15) is 24.3 Å². The number of nitrogens with zero attached hydrogens (tertiary/aromatic N) is 4. The van der Waals surface area contributed by atoms with Gasteiger partial charge in [0, 0.05) is 38.9 Å². The Morgan fingerprint density at radius 2 is 1.93 bits per heavy atom. The molecule has 1 aromatic heterocycles. The van der Waals surface area contributed by atoms with Crippen molar-refractivity contribution in [3.63, 3.8) is 0 Å². The zero-order valence-electron chi connectivity index (χ0n) is 16.2. The number of benzene rings is 1. The van der Waals surface area contributed by atoms with E-state index in [4.69, 9.17) is 4.74 Å². The van der Waals surface area contributed by atoms with Crippen LogP contribution in [0.5, 0.6) is 5.75 Å². The van der Waals surface area contributed by atoms with Crippen LogP contribution < -0.4 is 15.0 Å². The molecular weight excluding hydrogens is 342 g/mol. The van der Waals surface area contributed by atoms with E-state index in [1.54, 1.807) is 19.4 Å². The summed E-state index contributed by atoms with van der Waals surface area (Å²) in [5.74, 6) is 1.79. The van der Waals surface area contributed by atoms with Crippen LogP contribution in [0.4, 0.5) is 11.6 Å². The number of carbonyl (C=O) groups is 1. The Labute approximate surface area is 160 Å². The molecule has 0 saturated carbocycles. The van der Waals surface area contributed by atoms with Crippen molar-refractivity contribution in [3.8, 4) is 5.75 Å². The van der Waals surface area contributed by atoms with Crippen LogP contribution in [0, 0.1) is 5.92 Å². The third kappa shape index (κ3) is 4.67. The Kier molecular flexibility index (Phi) is 6.11. The molecule has 0 aliphatic carbocycles. The molecule has 1 fully saturated rings. The number of carbonyl (C=O) groups excluding carboxylic acids is 1. The van der Waals surface area contributed by atoms with Crippen LogP contribution in [0.2, 0.25) is 0 Å². The molecule has 1 aliphatic rings. The largest absolute Gasteiger partial charge is 0.495 e. The van der Waals surface area contributed by atoms with Gasteiger partial charge in [0.05, 0.1) is 12.8 Å². The van der Waals surface area contributed by atoms with Crippen LogP contribution in [0.25, 0.3) is 0 Å². The lowest BCUT2D eigenvalue weighted by Gasteiger charge is -2.36. The fourth-order valence-corrected chi connectivity index (χ4v) is 3.06. The Morgan fingerprint density at radius 1 is 1.19 bits per heavy atom. The summed E-state index contributed by atoms with van der Waals surface area (Å²) in [4.78, 5) is 25.5. The first-order valence-electron chi connectivity index (χ1n) is 9.32. The molecule has 1 aliphatic heterocycles. The van der Waals surface area contributed by atoms with Gasteiger partial charge in [-0.25, -0.2) is 9.97 Å². The van der Waals surface area contributed by atoms with E-state index in [9.17, 15) is 4.79 Å². The van der Waals surface area contributed by atoms with Crippen molar-refractivity contribution in [2.45, 2.75) is 13.8 Å². The maximum absolute atomic E-state index is 12.8. The van der Waals surface area contributed by atoms with Crippen molar-refractivity contribution < 1.29 is 9.53 Å². The number of nitrogens with one attached hydrogen (secondary N) is 1. The van der Waals surface area contributed by atoms with Crippen LogP contribution in [-0.2, 0) is 0 Å². The van der Waals surface area contributed by atoms with E-state index in [1.807, 2.05) is 29.2 Å². The van der Waals surface area contributed by atoms with Crippen molar-refractivity contribution in [2.75, 3.05) is 50.1 Å². The zero-order chi connectivity index (χ0) is 19.2. The van der Waals surface area contributed by atoms with E-state index >= 15 is 0 Å². The van der Waals surface area contributed by atoms with Gasteiger partial charge in [0.15, 0.2) is 0 Å². The molecule has 27 heavy (non-hydrogen) atoms. The Morgan fingerprint density at radius 3 is 2.63 bits per heavy atom. The quantitative estimate of drug-likeness (QED) is 0.844. The summed E-state index contributed by atoms with van der Waals surface area (Å²) in [6.07, 6.45) is 1.63. The number of hydrogen-bond acceptors (Lipinski definition) is 6. The Hall–Kier alpha value is -2.83. The molecule has 0 atom stereocenters. The third-order valence-electron chi connectivity index (χ3n) is 4.54. The molecule has 0 bridgehead atoms. The highest BCUT2D eigenvalue weighted by Gasteiger charge is 2.24. The van der Waals surface area contributed by atoms with E-state index in [1.165, 1.54) is 0 Å². The second-order valence-electron chi connectivity index (χ2n) is 6.99. The first-order valence-corrected chi connectivity index (χ1v) is 9.32. The summed E-state index contributed by atoms with van der Waals surface area (Å²) in [5.41, 5.74) is 1.50. The van der Waals surface area contributed by atoms with Gasteiger partial charge in [0.1, 0.15) is 11.4 Å². The number of amides is 1. The van der Waals surface area contributed by atoms with Gasteiger partial charge in [-0.1, -0.05) is 26.0 Å². The highest BCUT2D eigenvalue weighted by molar-refractivity contribution is 5.92. The number of anilines is 2. The fourth-order valence-electron chi connectivity index (χ4n) is 3.06. The Bertz CT molecular complexity index is 772. The van der Waals surface area contributed by atoms with E-state index in [0.29, 0.717) is 30.6 Å². The van der Waals surface area contributed by atoms with Crippen LogP contribution >= 0.6 is 0 Å². The van der Waals surface area contributed by atoms with E-state index < -0.39 is 0 Å². The van der Waals surface area contributed by atoms with Crippen molar-refractivity contribution in [1.29, 1.82) is 0 Å². The highest BCUT2D eigenvalue weighted by Crippen LogP contribution is 2.28. The number of para-hydroxylation sites is 2.